The van der Waals surface area contributed by atoms with E-state index in [1.165, 1.54) is 0 Å². The lowest BCUT2D eigenvalue weighted by Crippen LogP contribution is -2.31. The number of thiazole rings is 1. The van der Waals surface area contributed by atoms with Crippen LogP contribution >= 0.6 is 11.3 Å². The monoisotopic (exact) mass is 349 g/mol. The second-order valence-electron chi connectivity index (χ2n) is 6.69. The first-order valence-corrected chi connectivity index (χ1v) is 9.26. The van der Waals surface area contributed by atoms with Crippen LogP contribution in [0.1, 0.15) is 42.2 Å². The summed E-state index contributed by atoms with van der Waals surface area (Å²) in [5, 5.41) is 15.2. The Bertz CT molecular complexity index is 676. The van der Waals surface area contributed by atoms with Crippen molar-refractivity contribution in [1.82, 2.24) is 14.9 Å². The zero-order valence-electron chi connectivity index (χ0n) is 14.9. The van der Waals surface area contributed by atoms with Gasteiger partial charge in [-0.05, 0) is 37.7 Å². The summed E-state index contributed by atoms with van der Waals surface area (Å²) >= 11 is 1.60. The Balaban J connectivity index is 2.03. The normalized spacial score (nSPS) is 12.6. The van der Waals surface area contributed by atoms with Gasteiger partial charge in [-0.3, -0.25) is 4.79 Å². The lowest BCUT2D eigenvalue weighted by molar-refractivity contribution is 0.0933. The molecule has 2 heterocycles. The Morgan fingerprint density at radius 1 is 1.46 bits per heavy atom. The molecule has 0 aromatic carbocycles. The van der Waals surface area contributed by atoms with Crippen molar-refractivity contribution in [3.05, 3.63) is 28.3 Å². The van der Waals surface area contributed by atoms with Gasteiger partial charge in [-0.1, -0.05) is 13.8 Å². The van der Waals surface area contributed by atoms with Gasteiger partial charge in [-0.2, -0.15) is 0 Å². The van der Waals surface area contributed by atoms with E-state index in [1.807, 2.05) is 36.2 Å². The molecule has 0 saturated heterocycles. The van der Waals surface area contributed by atoms with Gasteiger partial charge in [0.25, 0.3) is 5.91 Å². The minimum absolute atomic E-state index is 0.0811. The average Bonchev–Trinajstić information content (AvgIpc) is 3.10. The first-order chi connectivity index (χ1) is 11.4. The summed E-state index contributed by atoms with van der Waals surface area (Å²) in [6.45, 7) is 7.04. The molecule has 0 radical (unpaired) electrons. The molecule has 0 bridgehead atoms. The van der Waals surface area contributed by atoms with Crippen LogP contribution in [0.4, 0.5) is 0 Å². The van der Waals surface area contributed by atoms with Crippen molar-refractivity contribution < 1.29 is 9.90 Å². The van der Waals surface area contributed by atoms with Crippen molar-refractivity contribution in [2.24, 2.45) is 18.9 Å². The number of carbonyl (C=O) groups is 1. The molecule has 2 aromatic rings. The Morgan fingerprint density at radius 2 is 2.21 bits per heavy atom. The Labute approximate surface area is 147 Å². The summed E-state index contributed by atoms with van der Waals surface area (Å²) in [4.78, 5) is 17.0. The average molecular weight is 350 g/mol. The topological polar surface area (TPSA) is 67.2 Å². The lowest BCUT2D eigenvalue weighted by atomic mass is 9.94. The van der Waals surface area contributed by atoms with Crippen LogP contribution in [0.15, 0.2) is 17.6 Å². The molecule has 1 amide bonds. The van der Waals surface area contributed by atoms with Gasteiger partial charge < -0.3 is 15.0 Å². The number of aliphatic hydroxyl groups excluding tert-OH is 1. The van der Waals surface area contributed by atoms with Gasteiger partial charge in [0, 0.05) is 37.3 Å². The summed E-state index contributed by atoms with van der Waals surface area (Å²) < 4.78 is 1.84. The highest BCUT2D eigenvalue weighted by molar-refractivity contribution is 7.09. The summed E-state index contributed by atoms with van der Waals surface area (Å²) in [7, 11) is 1.87. The number of aromatic nitrogens is 2. The molecular weight excluding hydrogens is 322 g/mol. The fraction of sp³-hybridized carbons (Fsp3) is 0.556. The molecule has 0 spiro atoms. The summed E-state index contributed by atoms with van der Waals surface area (Å²) in [6.07, 6.45) is 3.65. The quantitative estimate of drug-likeness (QED) is 0.769. The molecule has 6 heteroatoms. The fourth-order valence-electron chi connectivity index (χ4n) is 2.91. The van der Waals surface area contributed by atoms with Crippen LogP contribution in [-0.4, -0.2) is 33.7 Å². The van der Waals surface area contributed by atoms with E-state index in [-0.39, 0.29) is 12.5 Å². The molecule has 5 nitrogen and oxygen atoms in total. The van der Waals surface area contributed by atoms with E-state index in [0.717, 1.165) is 29.1 Å². The third kappa shape index (κ3) is 4.92. The molecule has 0 saturated carbocycles. The molecule has 132 valence electrons. The molecule has 1 atom stereocenters. The van der Waals surface area contributed by atoms with Crippen molar-refractivity contribution in [3.8, 4) is 11.3 Å². The van der Waals surface area contributed by atoms with Crippen LogP contribution in [0.2, 0.25) is 0 Å². The van der Waals surface area contributed by atoms with E-state index < -0.39 is 0 Å². The van der Waals surface area contributed by atoms with E-state index in [9.17, 15) is 9.90 Å². The molecule has 24 heavy (non-hydrogen) atoms. The number of rotatable bonds is 8. The Hall–Kier alpha value is -1.66. The van der Waals surface area contributed by atoms with Gasteiger partial charge in [-0.15, -0.1) is 11.3 Å². The second-order valence-corrected chi connectivity index (χ2v) is 7.76. The molecule has 0 aliphatic heterocycles. The highest BCUT2D eigenvalue weighted by Gasteiger charge is 2.16. The number of hydrogen-bond donors (Lipinski definition) is 2. The Morgan fingerprint density at radius 3 is 2.79 bits per heavy atom. The van der Waals surface area contributed by atoms with Crippen molar-refractivity contribution in [1.29, 1.82) is 0 Å². The largest absolute Gasteiger partial charge is 0.396 e. The number of nitrogens with zero attached hydrogens (tertiary/aromatic N) is 2. The highest BCUT2D eigenvalue weighted by atomic mass is 32.1. The highest BCUT2D eigenvalue weighted by Crippen LogP contribution is 2.23. The van der Waals surface area contributed by atoms with E-state index in [2.05, 4.69) is 24.1 Å². The Kier molecular flexibility index (Phi) is 6.57. The van der Waals surface area contributed by atoms with Crippen LogP contribution in [-0.2, 0) is 7.05 Å². The zero-order valence-corrected chi connectivity index (χ0v) is 15.7. The van der Waals surface area contributed by atoms with Crippen LogP contribution in [0.3, 0.4) is 0 Å². The first-order valence-electron chi connectivity index (χ1n) is 8.38. The van der Waals surface area contributed by atoms with Gasteiger partial charge >= 0.3 is 0 Å². The molecule has 2 N–H and O–H groups in total. The number of carbonyl (C=O) groups excluding carboxylic acids is 1. The van der Waals surface area contributed by atoms with Crippen LogP contribution in [0.5, 0.6) is 0 Å². The van der Waals surface area contributed by atoms with Crippen LogP contribution in [0, 0.1) is 18.8 Å². The standard InChI is InChI=1S/C18H27N3O2S/c1-12(2)7-14(5-6-22)9-19-18(23)17-8-15(10-21(17)4)16-11-24-13(3)20-16/h8,10-12,14,22H,5-7,9H2,1-4H3,(H,19,23). The van der Waals surface area contributed by atoms with E-state index in [4.69, 9.17) is 0 Å². The minimum atomic E-state index is -0.0811. The van der Waals surface area contributed by atoms with Gasteiger partial charge in [0.1, 0.15) is 5.69 Å². The van der Waals surface area contributed by atoms with Crippen molar-refractivity contribution >= 4 is 17.2 Å². The van der Waals surface area contributed by atoms with E-state index in [1.54, 1.807) is 11.3 Å². The molecule has 0 aliphatic rings. The maximum Gasteiger partial charge on any atom is 0.267 e. The summed E-state index contributed by atoms with van der Waals surface area (Å²) in [6, 6.07) is 1.88. The van der Waals surface area contributed by atoms with Gasteiger partial charge in [0.05, 0.1) is 10.7 Å². The predicted octanol–water partition coefficient (Wildman–Crippen LogP) is 3.23. The summed E-state index contributed by atoms with van der Waals surface area (Å²) in [5.41, 5.74) is 2.49. The maximum atomic E-state index is 12.5. The number of aliphatic hydroxyl groups is 1. The third-order valence-corrected chi connectivity index (χ3v) is 4.82. The van der Waals surface area contributed by atoms with Crippen LogP contribution in [0.25, 0.3) is 11.3 Å². The SMILES string of the molecule is Cc1nc(-c2cc(C(=O)NCC(CCO)CC(C)C)n(C)c2)cs1. The van der Waals surface area contributed by atoms with Crippen molar-refractivity contribution in [2.45, 2.75) is 33.6 Å². The molecule has 2 rings (SSSR count). The van der Waals surface area contributed by atoms with Crippen molar-refractivity contribution in [2.75, 3.05) is 13.2 Å². The van der Waals surface area contributed by atoms with E-state index in [0.29, 0.717) is 24.1 Å². The lowest BCUT2D eigenvalue weighted by Gasteiger charge is -2.18. The number of aryl methyl sites for hydroxylation is 2. The molecule has 0 aliphatic carbocycles. The predicted molar refractivity (Wildman–Crippen MR) is 98.2 cm³/mol. The van der Waals surface area contributed by atoms with Gasteiger partial charge in [0.15, 0.2) is 0 Å². The smallest absolute Gasteiger partial charge is 0.267 e. The molecule has 2 aromatic heterocycles. The number of nitrogens with one attached hydrogen (secondary N) is 1. The van der Waals surface area contributed by atoms with Crippen LogP contribution < -0.4 is 5.32 Å². The first kappa shape index (κ1) is 18.7. The number of hydrogen-bond acceptors (Lipinski definition) is 4. The molecular formula is C18H27N3O2S. The zero-order chi connectivity index (χ0) is 17.7. The maximum absolute atomic E-state index is 12.5. The van der Waals surface area contributed by atoms with Gasteiger partial charge in [-0.25, -0.2) is 4.98 Å². The third-order valence-electron chi connectivity index (χ3n) is 4.05. The molecule has 1 unspecified atom stereocenters. The van der Waals surface area contributed by atoms with E-state index >= 15 is 0 Å². The minimum Gasteiger partial charge on any atom is -0.396 e. The summed E-state index contributed by atoms with van der Waals surface area (Å²) in [5.74, 6) is 0.773. The van der Waals surface area contributed by atoms with Gasteiger partial charge in [0.2, 0.25) is 0 Å². The fourth-order valence-corrected chi connectivity index (χ4v) is 3.53. The second kappa shape index (κ2) is 8.44. The number of amides is 1. The molecule has 0 fully saturated rings. The van der Waals surface area contributed by atoms with Crippen molar-refractivity contribution in [3.63, 3.8) is 0 Å².